The average molecular weight is 1980 g/mol. The minimum atomic E-state index is -4.88. The largest absolute Gasteiger partial charge is 0.472 e. The lowest BCUT2D eigenvalue weighted by molar-refractivity contribution is -0.0676. The fourth-order valence-electron chi connectivity index (χ4n) is 17.3. The molecule has 0 spiro atoms. The summed E-state index contributed by atoms with van der Waals surface area (Å²) >= 11 is 9.42. The Kier molecular flexibility index (Phi) is 25.8. The summed E-state index contributed by atoms with van der Waals surface area (Å²) in [5, 5.41) is 25.1. The summed E-state index contributed by atoms with van der Waals surface area (Å²) in [7, 11) is -19.1. The first kappa shape index (κ1) is 92.5. The predicted octanol–water partition coefficient (Wildman–Crippen LogP) is 7.04. The topological polar surface area (TPSA) is 608 Å². The number of nitrogens with zero attached hydrogens (tertiary/aromatic N) is 12. The maximum Gasteiger partial charge on any atom is 0.472 e. The highest BCUT2D eigenvalue weighted by atomic mass is 32.7. The van der Waals surface area contributed by atoms with Gasteiger partial charge in [-0.2, -0.15) is 0 Å². The molecule has 0 aliphatic carbocycles. The average Bonchev–Trinajstić information content (AvgIpc) is 1.61. The second kappa shape index (κ2) is 36.5. The predicted molar refractivity (Wildman–Crippen MR) is 457 cm³/mol. The van der Waals surface area contributed by atoms with Crippen LogP contribution in [-0.2, 0) is 122 Å². The van der Waals surface area contributed by atoms with Gasteiger partial charge in [0.05, 0.1) is 75.2 Å². The Labute approximate surface area is 747 Å². The van der Waals surface area contributed by atoms with E-state index in [0.29, 0.717) is 11.6 Å². The number of nitrogens with one attached hydrogen (secondary N) is 3. The second-order valence-corrected chi connectivity index (χ2v) is 43.0. The number of aliphatic hydroxyl groups excluding tert-OH is 2. The highest BCUT2D eigenvalue weighted by molar-refractivity contribution is 8.44. The van der Waals surface area contributed by atoms with E-state index < -0.39 is 223 Å². The zero-order chi connectivity index (χ0) is 91.7. The van der Waals surface area contributed by atoms with E-state index in [9.17, 15) is 71.9 Å². The van der Waals surface area contributed by atoms with Crippen LogP contribution < -0.4 is 16.7 Å². The van der Waals surface area contributed by atoms with E-state index in [2.05, 4.69) is 57.1 Å². The monoisotopic (exact) mass is 1980 g/mol. The molecule has 9 aliphatic rings. The van der Waals surface area contributed by atoms with Gasteiger partial charge in [-0.1, -0.05) is 66.8 Å². The molecule has 9 saturated heterocycles. The lowest BCUT2D eigenvalue weighted by atomic mass is 10.1. The first-order valence-corrected chi connectivity index (χ1v) is 52.1. The summed E-state index contributed by atoms with van der Waals surface area (Å²) in [6, 6.07) is 28.6. The smallest absolute Gasteiger partial charge is 0.387 e. The molecule has 0 radical (unpaired) electrons. The molecule has 18 heterocycles. The minimum absolute atomic E-state index is 0.000988. The van der Waals surface area contributed by atoms with E-state index in [1.807, 2.05) is 123 Å². The number of benzene rings is 3. The van der Waals surface area contributed by atoms with Crippen LogP contribution in [0.5, 0.6) is 0 Å². The van der Waals surface area contributed by atoms with Crippen molar-refractivity contribution in [2.45, 2.75) is 176 Å². The molecule has 0 amide bonds. The Morgan fingerprint density at radius 1 is 0.412 bits per heavy atom. The van der Waals surface area contributed by atoms with Crippen molar-refractivity contribution in [1.82, 2.24) is 72.3 Å². The van der Waals surface area contributed by atoms with Crippen molar-refractivity contribution in [1.29, 1.82) is 0 Å². The number of ether oxygens (including phenoxy) is 7. The zero-order valence-corrected chi connectivity index (χ0v) is 76.0. The molecule has 21 rings (SSSR count). The number of aromatic amines is 3. The standard InChI is InChI=1S/C26H31N5O12P2.2C24H27N5O11P2S/c1-3-37-22-19-12-39-44(33,34)42-17-10-20(30-9-8-15-6-4-5-7-16(15)30)40-18(17)11-38-45(35,36)43-23(22)26(41-19)31-13-27-21-24(31)28-14(2)29-25(21)32;2*1-12-26-22-19(23(31)27-12)25-11-29(22)24-21-20(30)17(38-24)10-35-41(32,33)39-15-8-18(37-16(15)9-36-42(34,43)40-21)28-7-6-13-4-2-3-5-14(13)28/h4-9,13,17-20,22-23,26H,3,10-12H2,1-2H3,(H,33,34)(H,35,36)(H,28,29,32);2*2-7,11,15-18,20-21,24,30H,8-10H2,1H3,(H,32,33)(H,34,43)(H,26,27,31)/t17-,18-,19-,20-,22?,23+,26-;2*15-,16-,17-,18-,20?,21+,24-,42?/m111/s1. The molecule has 57 heteroatoms. The Morgan fingerprint density at radius 3 is 1.13 bits per heavy atom. The molecule has 27 atom stereocenters. The third kappa shape index (κ3) is 19.2. The van der Waals surface area contributed by atoms with E-state index in [1.54, 1.807) is 27.7 Å². The van der Waals surface area contributed by atoms with Crippen LogP contribution >= 0.6 is 57.1 Å². The number of aliphatic hydroxyl groups is 2. The molecular weight excluding hydrogens is 1890 g/mol. The lowest BCUT2D eigenvalue weighted by Crippen LogP contribution is -2.38. The summed E-state index contributed by atoms with van der Waals surface area (Å²) < 4.78 is 185. The number of imidazole rings is 3. The summed E-state index contributed by atoms with van der Waals surface area (Å²) in [4.78, 5) is 124. The van der Waals surface area contributed by atoms with Gasteiger partial charge in [-0.15, -0.1) is 0 Å². The van der Waals surface area contributed by atoms with Gasteiger partial charge in [-0.25, -0.2) is 52.7 Å². The molecule has 3 aromatic carbocycles. The Bertz CT molecular complexity index is 6570. The van der Waals surface area contributed by atoms with Crippen LogP contribution in [0.2, 0.25) is 0 Å². The van der Waals surface area contributed by atoms with Gasteiger partial charge < -0.3 is 101 Å². The number of hydrogen-bond acceptors (Lipinski definition) is 36. The quantitative estimate of drug-likeness (QED) is 0.0536. The maximum atomic E-state index is 13.5. The van der Waals surface area contributed by atoms with Gasteiger partial charge >= 0.3 is 44.8 Å². The normalized spacial score (nSPS) is 36.8. The molecule has 0 saturated carbocycles. The zero-order valence-electron chi connectivity index (χ0n) is 68.9. The van der Waals surface area contributed by atoms with Gasteiger partial charge in [-0.05, 0) is 92.1 Å². The molecule has 6 bridgehead atoms. The summed E-state index contributed by atoms with van der Waals surface area (Å²) in [6.07, 6.45) is -13.8. The van der Waals surface area contributed by atoms with Crippen LogP contribution in [0.3, 0.4) is 0 Å². The van der Waals surface area contributed by atoms with Crippen molar-refractivity contribution in [3.63, 3.8) is 0 Å². The number of phosphoric ester groups is 4. The van der Waals surface area contributed by atoms with Crippen molar-refractivity contribution >= 4 is 135 Å². The SMILES string of the molecule is CCOC1[C@H]2COP(=O)(O)O[C@@H]3C[C@H](n4ccc5ccccc54)O[C@@H]3COP(=O)(O)O[C@@H]1[C@H](n1cnc3c(=O)[nH]c(C)nc31)O2.Cc1nc2c(ncn2[C@@H]2O[C@@H]3COP(=O)(O)O[C@@H]4C[C@H](n5ccc6ccccc65)O[C@@H]4COP(=O)(S)O[C@H]2C3O)c(=O)[nH]1.Cc1nc2c(ncn2[C@@H]2O[C@@H]3COP(=O)(O)O[C@@H]4C[C@H](n5ccc6ccccc65)O[C@@H]4COP(O)(=S)O[C@H]2C3O)c(=O)[nH]1. The van der Waals surface area contributed by atoms with Crippen molar-refractivity contribution in [2.75, 3.05) is 46.2 Å². The van der Waals surface area contributed by atoms with Crippen LogP contribution in [0, 0.1) is 20.8 Å². The number of hydrogen-bond donors (Lipinski definition) is 11. The first-order chi connectivity index (χ1) is 62.5. The summed E-state index contributed by atoms with van der Waals surface area (Å²) in [6.45, 7) is -4.81. The van der Waals surface area contributed by atoms with Gasteiger partial charge in [0.2, 0.25) is 0 Å². The number of thiol groups is 1. The number of phosphoric acid groups is 4. The van der Waals surface area contributed by atoms with Gasteiger partial charge in [0, 0.05) is 44.5 Å². The molecular formula is C74H85N15O34P6S2. The van der Waals surface area contributed by atoms with Gasteiger partial charge in [0.15, 0.2) is 52.2 Å². The van der Waals surface area contributed by atoms with Crippen molar-refractivity contribution in [3.05, 3.63) is 177 Å². The van der Waals surface area contributed by atoms with Crippen LogP contribution in [0.4, 0.5) is 0 Å². The van der Waals surface area contributed by atoms with Crippen LogP contribution in [-0.4, -0.2) is 245 Å². The molecule has 9 unspecified atom stereocenters. The Balaban J connectivity index is 0.000000127. The number of H-pyrrole nitrogens is 3. The van der Waals surface area contributed by atoms with Crippen molar-refractivity contribution < 1.29 is 145 Å². The number of para-hydroxylation sites is 3. The molecule has 702 valence electrons. The number of aromatic nitrogens is 15. The van der Waals surface area contributed by atoms with E-state index in [-0.39, 0.29) is 71.8 Å². The molecule has 9 aromatic heterocycles. The van der Waals surface area contributed by atoms with E-state index in [4.69, 9.17) is 99.2 Å². The molecule has 9 fully saturated rings. The highest BCUT2D eigenvalue weighted by Gasteiger charge is 2.57. The Hall–Kier alpha value is -7.56. The van der Waals surface area contributed by atoms with E-state index >= 15 is 0 Å². The number of aryl methyl sites for hydroxylation is 3. The van der Waals surface area contributed by atoms with Gasteiger partial charge in [0.25, 0.3) is 16.7 Å². The third-order valence-corrected chi connectivity index (χ3v) is 30.3. The molecule has 12 aromatic rings. The Morgan fingerprint density at radius 2 is 0.740 bits per heavy atom. The summed E-state index contributed by atoms with van der Waals surface area (Å²) in [5.74, 6) is 0.875. The van der Waals surface area contributed by atoms with Crippen LogP contribution in [0.1, 0.15) is 81.0 Å². The molecule has 9 aliphatic heterocycles. The van der Waals surface area contributed by atoms with Gasteiger partial charge in [0.1, 0.15) is 128 Å². The van der Waals surface area contributed by atoms with E-state index in [1.165, 1.54) is 32.7 Å². The number of fused-ring (bicyclic) bond motifs is 15. The first-order valence-electron chi connectivity index (χ1n) is 40.8. The third-order valence-electron chi connectivity index (χ3n) is 23.1. The molecule has 131 heavy (non-hydrogen) atoms. The highest BCUT2D eigenvalue weighted by Crippen LogP contribution is 2.61. The van der Waals surface area contributed by atoms with E-state index in [0.717, 1.165) is 32.7 Å². The summed E-state index contributed by atoms with van der Waals surface area (Å²) in [5.41, 5.74) is 1.44. The lowest BCUT2D eigenvalue weighted by Gasteiger charge is -2.27. The fourth-order valence-corrected chi connectivity index (χ4v) is 23.9. The van der Waals surface area contributed by atoms with Crippen molar-refractivity contribution in [3.8, 4) is 0 Å². The fraction of sp³-hybridized carbons (Fsp3) is 0.473. The molecule has 10 N–H and O–H groups in total. The van der Waals surface area contributed by atoms with Gasteiger partial charge in [-0.3, -0.25) is 77.8 Å². The van der Waals surface area contributed by atoms with Crippen molar-refractivity contribution in [2.24, 2.45) is 0 Å². The maximum absolute atomic E-state index is 13.5. The molecule has 49 nitrogen and oxygen atoms in total. The van der Waals surface area contributed by atoms with Crippen LogP contribution in [0.25, 0.3) is 66.2 Å². The number of rotatable bonds is 8. The second-order valence-electron chi connectivity index (χ2n) is 31.7. The van der Waals surface area contributed by atoms with Crippen LogP contribution in [0.15, 0.2) is 143 Å². The minimum Gasteiger partial charge on any atom is -0.387 e.